The largest absolute Gasteiger partial charge is 0.474 e. The van der Waals surface area contributed by atoms with Gasteiger partial charge in [0.2, 0.25) is 5.88 Å². The van der Waals surface area contributed by atoms with Gasteiger partial charge in [-0.05, 0) is 25.8 Å². The number of ether oxygens (including phenoxy) is 1. The maximum absolute atomic E-state index is 6.00. The number of rotatable bonds is 3. The SMILES string of the molecule is NCC1CCCCC1Oc1ccn2nccc2n1. The topological polar surface area (TPSA) is 65.4 Å². The second kappa shape index (κ2) is 4.94. The van der Waals surface area contributed by atoms with Crippen LogP contribution >= 0.6 is 0 Å². The third kappa shape index (κ3) is 2.18. The summed E-state index contributed by atoms with van der Waals surface area (Å²) in [5.41, 5.74) is 6.62. The number of aromatic nitrogens is 3. The highest BCUT2D eigenvalue weighted by Gasteiger charge is 2.25. The molecule has 0 spiro atoms. The molecule has 1 fully saturated rings. The van der Waals surface area contributed by atoms with Crippen LogP contribution in [-0.4, -0.2) is 27.2 Å². The van der Waals surface area contributed by atoms with Gasteiger partial charge in [-0.15, -0.1) is 0 Å². The minimum absolute atomic E-state index is 0.210. The highest BCUT2D eigenvalue weighted by Crippen LogP contribution is 2.27. The maximum Gasteiger partial charge on any atom is 0.217 e. The number of nitrogens with two attached hydrogens (primary N) is 1. The van der Waals surface area contributed by atoms with E-state index < -0.39 is 0 Å². The van der Waals surface area contributed by atoms with Crippen molar-refractivity contribution in [1.82, 2.24) is 14.6 Å². The van der Waals surface area contributed by atoms with Crippen molar-refractivity contribution in [2.24, 2.45) is 11.7 Å². The van der Waals surface area contributed by atoms with Gasteiger partial charge in [0.15, 0.2) is 5.65 Å². The summed E-state index contributed by atoms with van der Waals surface area (Å²) in [6.45, 7) is 0.694. The Morgan fingerprint density at radius 2 is 2.22 bits per heavy atom. The van der Waals surface area contributed by atoms with Crippen LogP contribution in [0.4, 0.5) is 0 Å². The van der Waals surface area contributed by atoms with Crippen LogP contribution in [0.25, 0.3) is 5.65 Å². The molecule has 2 N–H and O–H groups in total. The van der Waals surface area contributed by atoms with Crippen molar-refractivity contribution >= 4 is 5.65 Å². The van der Waals surface area contributed by atoms with Gasteiger partial charge in [0.1, 0.15) is 6.10 Å². The van der Waals surface area contributed by atoms with Gasteiger partial charge >= 0.3 is 0 Å². The van der Waals surface area contributed by atoms with Crippen LogP contribution < -0.4 is 10.5 Å². The van der Waals surface area contributed by atoms with Crippen LogP contribution in [0, 0.1) is 5.92 Å². The first-order valence-electron chi connectivity index (χ1n) is 6.54. The number of hydrogen-bond donors (Lipinski definition) is 1. The van der Waals surface area contributed by atoms with Gasteiger partial charge in [-0.25, -0.2) is 4.52 Å². The Labute approximate surface area is 106 Å². The van der Waals surface area contributed by atoms with Crippen molar-refractivity contribution in [2.75, 3.05) is 6.54 Å². The quantitative estimate of drug-likeness (QED) is 0.893. The Balaban J connectivity index is 1.77. The van der Waals surface area contributed by atoms with E-state index in [1.165, 1.54) is 12.8 Å². The van der Waals surface area contributed by atoms with Gasteiger partial charge in [0.05, 0.1) is 6.20 Å². The first-order valence-corrected chi connectivity index (χ1v) is 6.54. The van der Waals surface area contributed by atoms with E-state index in [0.717, 1.165) is 18.5 Å². The lowest BCUT2D eigenvalue weighted by atomic mass is 9.86. The molecule has 2 aromatic heterocycles. The maximum atomic E-state index is 6.00. The monoisotopic (exact) mass is 246 g/mol. The molecule has 1 aliphatic carbocycles. The Bertz CT molecular complexity index is 524. The van der Waals surface area contributed by atoms with Crippen LogP contribution in [0.3, 0.4) is 0 Å². The summed E-state index contributed by atoms with van der Waals surface area (Å²) in [5, 5.41) is 4.12. The summed E-state index contributed by atoms with van der Waals surface area (Å²) in [4.78, 5) is 4.44. The number of hydrogen-bond acceptors (Lipinski definition) is 4. The first-order chi connectivity index (χ1) is 8.86. The van der Waals surface area contributed by atoms with Crippen LogP contribution in [0.15, 0.2) is 24.5 Å². The Kier molecular flexibility index (Phi) is 3.15. The molecule has 2 unspecified atom stereocenters. The third-order valence-corrected chi connectivity index (χ3v) is 3.65. The zero-order valence-corrected chi connectivity index (χ0v) is 10.3. The number of fused-ring (bicyclic) bond motifs is 1. The summed E-state index contributed by atoms with van der Waals surface area (Å²) >= 11 is 0. The van der Waals surface area contributed by atoms with E-state index >= 15 is 0 Å². The van der Waals surface area contributed by atoms with Gasteiger partial charge in [0.25, 0.3) is 0 Å². The molecule has 0 amide bonds. The fraction of sp³-hybridized carbons (Fsp3) is 0.538. The second-order valence-electron chi connectivity index (χ2n) is 4.84. The van der Waals surface area contributed by atoms with Gasteiger partial charge in [-0.2, -0.15) is 10.1 Å². The molecule has 5 heteroatoms. The van der Waals surface area contributed by atoms with Crippen molar-refractivity contribution in [2.45, 2.75) is 31.8 Å². The molecule has 1 saturated carbocycles. The lowest BCUT2D eigenvalue weighted by Gasteiger charge is -2.30. The molecule has 0 bridgehead atoms. The molecule has 2 atom stereocenters. The number of nitrogens with zero attached hydrogens (tertiary/aromatic N) is 3. The lowest BCUT2D eigenvalue weighted by molar-refractivity contribution is 0.0924. The van der Waals surface area contributed by atoms with Crippen molar-refractivity contribution in [1.29, 1.82) is 0 Å². The fourth-order valence-corrected chi connectivity index (χ4v) is 2.61. The first kappa shape index (κ1) is 11.5. The molecule has 0 aromatic carbocycles. The predicted octanol–water partition coefficient (Wildman–Crippen LogP) is 1.63. The Hall–Kier alpha value is -1.62. The highest BCUT2D eigenvalue weighted by atomic mass is 16.5. The Morgan fingerprint density at radius 1 is 1.33 bits per heavy atom. The minimum atomic E-state index is 0.210. The van der Waals surface area contributed by atoms with E-state index in [1.54, 1.807) is 10.7 Å². The smallest absolute Gasteiger partial charge is 0.217 e. The van der Waals surface area contributed by atoms with Gasteiger partial charge in [0, 0.05) is 24.2 Å². The molecule has 3 rings (SSSR count). The van der Waals surface area contributed by atoms with E-state index in [-0.39, 0.29) is 6.10 Å². The van der Waals surface area contributed by atoms with Crippen LogP contribution in [-0.2, 0) is 0 Å². The summed E-state index contributed by atoms with van der Waals surface area (Å²) < 4.78 is 7.73. The van der Waals surface area contributed by atoms with E-state index in [2.05, 4.69) is 10.1 Å². The highest BCUT2D eigenvalue weighted by molar-refractivity contribution is 5.37. The molecule has 2 heterocycles. The molecule has 0 saturated heterocycles. The summed E-state index contributed by atoms with van der Waals surface area (Å²) in [6.07, 6.45) is 8.53. The van der Waals surface area contributed by atoms with Crippen LogP contribution in [0.5, 0.6) is 5.88 Å². The Morgan fingerprint density at radius 3 is 3.11 bits per heavy atom. The normalized spacial score (nSPS) is 24.3. The third-order valence-electron chi connectivity index (χ3n) is 3.65. The molecule has 1 aliphatic rings. The summed E-state index contributed by atoms with van der Waals surface area (Å²) in [5.74, 6) is 1.13. The van der Waals surface area contributed by atoms with Crippen molar-refractivity contribution in [3.63, 3.8) is 0 Å². The molecule has 96 valence electrons. The van der Waals surface area contributed by atoms with Gasteiger partial charge in [-0.1, -0.05) is 6.42 Å². The average Bonchev–Trinajstić information content (AvgIpc) is 2.87. The summed E-state index contributed by atoms with van der Waals surface area (Å²) in [6, 6.07) is 3.73. The van der Waals surface area contributed by atoms with Crippen LogP contribution in [0.1, 0.15) is 25.7 Å². The van der Waals surface area contributed by atoms with Crippen molar-refractivity contribution in [3.8, 4) is 5.88 Å². The zero-order chi connectivity index (χ0) is 12.4. The zero-order valence-electron chi connectivity index (χ0n) is 10.3. The molecule has 5 nitrogen and oxygen atoms in total. The van der Waals surface area contributed by atoms with E-state index in [0.29, 0.717) is 18.3 Å². The molecular formula is C13H18N4O. The standard InChI is InChI=1S/C13H18N4O/c14-9-10-3-1-2-4-11(10)18-13-6-8-17-12(16-13)5-7-15-17/h5-8,10-11H,1-4,9,14H2. The van der Waals surface area contributed by atoms with E-state index in [1.807, 2.05) is 18.3 Å². The average molecular weight is 246 g/mol. The molecule has 0 radical (unpaired) electrons. The fourth-order valence-electron chi connectivity index (χ4n) is 2.61. The van der Waals surface area contributed by atoms with Gasteiger partial charge < -0.3 is 10.5 Å². The molecule has 0 aliphatic heterocycles. The molecule has 18 heavy (non-hydrogen) atoms. The van der Waals surface area contributed by atoms with Gasteiger partial charge in [-0.3, -0.25) is 0 Å². The molecule has 2 aromatic rings. The second-order valence-corrected chi connectivity index (χ2v) is 4.84. The predicted molar refractivity (Wildman–Crippen MR) is 68.4 cm³/mol. The van der Waals surface area contributed by atoms with E-state index in [9.17, 15) is 0 Å². The van der Waals surface area contributed by atoms with Crippen molar-refractivity contribution in [3.05, 3.63) is 24.5 Å². The summed E-state index contributed by atoms with van der Waals surface area (Å²) in [7, 11) is 0. The van der Waals surface area contributed by atoms with E-state index in [4.69, 9.17) is 10.5 Å². The minimum Gasteiger partial charge on any atom is -0.474 e. The van der Waals surface area contributed by atoms with Crippen molar-refractivity contribution < 1.29 is 4.74 Å². The van der Waals surface area contributed by atoms with Crippen LogP contribution in [0.2, 0.25) is 0 Å². The lowest BCUT2D eigenvalue weighted by Crippen LogP contribution is -2.35. The molecular weight excluding hydrogens is 228 g/mol.